The van der Waals surface area contributed by atoms with Crippen LogP contribution in [0.4, 0.5) is 0 Å². The minimum Gasteiger partial charge on any atom is -0.353 e. The fourth-order valence-electron chi connectivity index (χ4n) is 4.78. The van der Waals surface area contributed by atoms with Crippen molar-refractivity contribution in [2.24, 2.45) is 5.92 Å². The Morgan fingerprint density at radius 1 is 1.07 bits per heavy atom. The van der Waals surface area contributed by atoms with Crippen molar-refractivity contribution in [1.82, 2.24) is 20.2 Å². The molecule has 1 aliphatic heterocycles. The second kappa shape index (κ2) is 9.68. The highest BCUT2D eigenvalue weighted by atomic mass is 16.2. The number of hydrogen-bond acceptors (Lipinski definition) is 4. The number of aryl methyl sites for hydroxylation is 2. The zero-order valence-corrected chi connectivity index (χ0v) is 18.5. The van der Waals surface area contributed by atoms with Crippen LogP contribution < -0.4 is 5.32 Å². The summed E-state index contributed by atoms with van der Waals surface area (Å²) in [6.45, 7) is 9.59. The molecule has 3 rings (SSSR count). The largest absolute Gasteiger partial charge is 0.353 e. The maximum atomic E-state index is 12.7. The van der Waals surface area contributed by atoms with Crippen LogP contribution in [0.5, 0.6) is 0 Å². The highest BCUT2D eigenvalue weighted by Crippen LogP contribution is 2.28. The highest BCUT2D eigenvalue weighted by Gasteiger charge is 2.32. The number of rotatable bonds is 7. The first-order chi connectivity index (χ1) is 13.9. The van der Waals surface area contributed by atoms with Crippen molar-refractivity contribution >= 4 is 11.8 Å². The molecule has 0 radical (unpaired) electrons. The number of likely N-dealkylation sites (tertiary alicyclic amines) is 1. The summed E-state index contributed by atoms with van der Waals surface area (Å²) in [5, 5.41) is 3.15. The van der Waals surface area contributed by atoms with Crippen LogP contribution >= 0.6 is 0 Å². The van der Waals surface area contributed by atoms with Gasteiger partial charge in [-0.05, 0) is 46.0 Å². The second-order valence-electron chi connectivity index (χ2n) is 8.74. The Morgan fingerprint density at radius 3 is 2.28 bits per heavy atom. The molecule has 1 aromatic rings. The number of amides is 2. The van der Waals surface area contributed by atoms with Gasteiger partial charge >= 0.3 is 0 Å². The van der Waals surface area contributed by atoms with Crippen LogP contribution in [0.3, 0.4) is 0 Å². The van der Waals surface area contributed by atoms with Crippen LogP contribution in [0.25, 0.3) is 0 Å². The summed E-state index contributed by atoms with van der Waals surface area (Å²) < 4.78 is 0. The zero-order valence-electron chi connectivity index (χ0n) is 18.5. The van der Waals surface area contributed by atoms with E-state index in [0.29, 0.717) is 19.0 Å². The monoisotopic (exact) mass is 400 g/mol. The zero-order chi connectivity index (χ0) is 21.0. The molecule has 2 fully saturated rings. The standard InChI is InChI=1S/C23H36N4O2/c1-5-17(6-2)23(29)27-12-11-18(14-27)22-24-15(3)20(16(4)25-22)13-21(28)26-19-9-7-8-10-19/h17-19H,5-14H2,1-4H3,(H,26,28)/t18-/m1/s1. The lowest BCUT2D eigenvalue weighted by atomic mass is 10.0. The minimum absolute atomic E-state index is 0.0715. The van der Waals surface area contributed by atoms with Crippen LogP contribution in [0.2, 0.25) is 0 Å². The summed E-state index contributed by atoms with van der Waals surface area (Å²) in [5.41, 5.74) is 2.71. The molecule has 0 bridgehead atoms. The molecule has 2 amide bonds. The van der Waals surface area contributed by atoms with Gasteiger partial charge in [-0.2, -0.15) is 0 Å². The summed E-state index contributed by atoms with van der Waals surface area (Å²) in [4.78, 5) is 36.6. The van der Waals surface area contributed by atoms with E-state index >= 15 is 0 Å². The van der Waals surface area contributed by atoms with E-state index in [-0.39, 0.29) is 23.7 Å². The SMILES string of the molecule is CCC(CC)C(=O)N1CC[C@@H](c2nc(C)c(CC(=O)NC3CCCC3)c(C)n2)C1. The Balaban J connectivity index is 1.64. The third kappa shape index (κ3) is 5.14. The number of carbonyl (C=O) groups is 2. The number of hydrogen-bond donors (Lipinski definition) is 1. The average Bonchev–Trinajstić information content (AvgIpc) is 3.37. The quantitative estimate of drug-likeness (QED) is 0.761. The molecule has 0 aromatic carbocycles. The molecule has 6 nitrogen and oxygen atoms in total. The van der Waals surface area contributed by atoms with Crippen molar-refractivity contribution in [2.45, 2.75) is 91.0 Å². The molecule has 1 saturated carbocycles. The Kier molecular flexibility index (Phi) is 7.25. The lowest BCUT2D eigenvalue weighted by Gasteiger charge is -2.22. The van der Waals surface area contributed by atoms with E-state index in [1.807, 2.05) is 18.7 Å². The molecular weight excluding hydrogens is 364 g/mol. The van der Waals surface area contributed by atoms with Gasteiger partial charge in [0.05, 0.1) is 6.42 Å². The van der Waals surface area contributed by atoms with Crippen molar-refractivity contribution in [3.63, 3.8) is 0 Å². The molecule has 0 spiro atoms. The van der Waals surface area contributed by atoms with E-state index in [4.69, 9.17) is 9.97 Å². The fourth-order valence-corrected chi connectivity index (χ4v) is 4.78. The lowest BCUT2D eigenvalue weighted by molar-refractivity contribution is -0.134. The van der Waals surface area contributed by atoms with E-state index in [2.05, 4.69) is 19.2 Å². The highest BCUT2D eigenvalue weighted by molar-refractivity contribution is 5.79. The fraction of sp³-hybridized carbons (Fsp3) is 0.739. The molecule has 2 aliphatic rings. The van der Waals surface area contributed by atoms with Crippen molar-refractivity contribution in [3.8, 4) is 0 Å². The molecular formula is C23H36N4O2. The van der Waals surface area contributed by atoms with Gasteiger partial charge in [-0.15, -0.1) is 0 Å². The molecule has 160 valence electrons. The molecule has 6 heteroatoms. The van der Waals surface area contributed by atoms with Gasteiger partial charge in [0.25, 0.3) is 0 Å². The number of nitrogens with one attached hydrogen (secondary N) is 1. The first-order valence-corrected chi connectivity index (χ1v) is 11.3. The van der Waals surface area contributed by atoms with E-state index < -0.39 is 0 Å². The Hall–Kier alpha value is -1.98. The van der Waals surface area contributed by atoms with Crippen LogP contribution in [0.15, 0.2) is 0 Å². The van der Waals surface area contributed by atoms with Gasteiger partial charge < -0.3 is 10.2 Å². The number of nitrogens with zero attached hydrogens (tertiary/aromatic N) is 3. The molecule has 29 heavy (non-hydrogen) atoms. The Labute approximate surface area is 174 Å². The summed E-state index contributed by atoms with van der Waals surface area (Å²) in [5.74, 6) is 1.47. The van der Waals surface area contributed by atoms with Gasteiger partial charge in [-0.25, -0.2) is 9.97 Å². The second-order valence-corrected chi connectivity index (χ2v) is 8.74. The molecule has 1 atom stereocenters. The predicted octanol–water partition coefficient (Wildman–Crippen LogP) is 3.45. The maximum absolute atomic E-state index is 12.7. The van der Waals surface area contributed by atoms with Gasteiger partial charge in [-0.3, -0.25) is 9.59 Å². The molecule has 2 heterocycles. The smallest absolute Gasteiger partial charge is 0.225 e. The van der Waals surface area contributed by atoms with E-state index in [1.54, 1.807) is 0 Å². The normalized spacial score (nSPS) is 19.9. The van der Waals surface area contributed by atoms with Gasteiger partial charge in [0.1, 0.15) is 5.82 Å². The van der Waals surface area contributed by atoms with Crippen molar-refractivity contribution in [3.05, 3.63) is 22.8 Å². The maximum Gasteiger partial charge on any atom is 0.225 e. The van der Waals surface area contributed by atoms with Gasteiger partial charge in [0.15, 0.2) is 0 Å². The van der Waals surface area contributed by atoms with Crippen LogP contribution in [0.1, 0.15) is 87.5 Å². The predicted molar refractivity (Wildman–Crippen MR) is 114 cm³/mol. The van der Waals surface area contributed by atoms with Crippen LogP contribution in [-0.4, -0.2) is 45.8 Å². The van der Waals surface area contributed by atoms with Crippen LogP contribution in [-0.2, 0) is 16.0 Å². The van der Waals surface area contributed by atoms with Crippen molar-refractivity contribution in [1.29, 1.82) is 0 Å². The summed E-state index contributed by atoms with van der Waals surface area (Å²) >= 11 is 0. The number of carbonyl (C=O) groups excluding carboxylic acids is 2. The van der Waals surface area contributed by atoms with E-state index in [0.717, 1.165) is 61.4 Å². The molecule has 1 saturated heterocycles. The van der Waals surface area contributed by atoms with Gasteiger partial charge in [0.2, 0.25) is 11.8 Å². The average molecular weight is 401 g/mol. The molecule has 1 aromatic heterocycles. The Bertz CT molecular complexity index is 715. The topological polar surface area (TPSA) is 75.2 Å². The molecule has 0 unspecified atom stereocenters. The first-order valence-electron chi connectivity index (χ1n) is 11.3. The van der Waals surface area contributed by atoms with E-state index in [1.165, 1.54) is 12.8 Å². The summed E-state index contributed by atoms with van der Waals surface area (Å²) in [7, 11) is 0. The Morgan fingerprint density at radius 2 is 1.69 bits per heavy atom. The van der Waals surface area contributed by atoms with Crippen molar-refractivity contribution < 1.29 is 9.59 Å². The van der Waals surface area contributed by atoms with Gasteiger partial charge in [-0.1, -0.05) is 26.7 Å². The summed E-state index contributed by atoms with van der Waals surface area (Å²) in [6.07, 6.45) is 7.63. The first kappa shape index (κ1) is 21.7. The van der Waals surface area contributed by atoms with Crippen molar-refractivity contribution in [2.75, 3.05) is 13.1 Å². The van der Waals surface area contributed by atoms with E-state index in [9.17, 15) is 9.59 Å². The van der Waals surface area contributed by atoms with Crippen LogP contribution in [0, 0.1) is 19.8 Å². The summed E-state index contributed by atoms with van der Waals surface area (Å²) in [6, 6.07) is 0.334. The molecule has 1 aliphatic carbocycles. The number of aromatic nitrogens is 2. The lowest BCUT2D eigenvalue weighted by Crippen LogP contribution is -2.34. The third-order valence-corrected chi connectivity index (χ3v) is 6.70. The van der Waals surface area contributed by atoms with Gasteiger partial charge in [0, 0.05) is 47.9 Å². The third-order valence-electron chi connectivity index (χ3n) is 6.70. The minimum atomic E-state index is 0.0715. The molecule has 1 N–H and O–H groups in total.